The van der Waals surface area contributed by atoms with E-state index in [2.05, 4.69) is 50.4 Å². The molecule has 112 valence electrons. The molecule has 1 aromatic carbocycles. The van der Waals surface area contributed by atoms with Crippen molar-refractivity contribution in [3.63, 3.8) is 0 Å². The fourth-order valence-electron chi connectivity index (χ4n) is 3.88. The van der Waals surface area contributed by atoms with Gasteiger partial charge in [-0.1, -0.05) is 36.3 Å². The van der Waals surface area contributed by atoms with Crippen LogP contribution in [0.15, 0.2) is 24.3 Å². The van der Waals surface area contributed by atoms with Gasteiger partial charge in [0.05, 0.1) is 0 Å². The van der Waals surface area contributed by atoms with Crippen molar-refractivity contribution in [2.24, 2.45) is 17.8 Å². The van der Waals surface area contributed by atoms with E-state index in [1.165, 1.54) is 31.2 Å². The number of allylic oxidation sites excluding steroid dienone is 2. The molecule has 0 aromatic heterocycles. The number of amides is 1. The molecule has 1 amide bonds. The van der Waals surface area contributed by atoms with Gasteiger partial charge in [0.15, 0.2) is 0 Å². The van der Waals surface area contributed by atoms with Crippen LogP contribution in [0.1, 0.15) is 42.4 Å². The van der Waals surface area contributed by atoms with Gasteiger partial charge in [0.1, 0.15) is 0 Å². The fourth-order valence-corrected chi connectivity index (χ4v) is 3.88. The molecule has 21 heavy (non-hydrogen) atoms. The molecule has 2 aliphatic carbocycles. The number of hydrogen-bond acceptors (Lipinski definition) is 1. The predicted molar refractivity (Wildman–Crippen MR) is 87.4 cm³/mol. The summed E-state index contributed by atoms with van der Waals surface area (Å²) in [7, 11) is 0. The number of carbonyl (C=O) groups excluding carboxylic acids is 1. The SMILES string of the molecule is Cc1cc(C)c(NC(=O)[C@@H]2[C@H]3/C=C\CCCC[C@@H]32)c(C)c1. The van der Waals surface area contributed by atoms with Gasteiger partial charge in [0, 0.05) is 11.6 Å². The van der Waals surface area contributed by atoms with Crippen LogP contribution in [0.25, 0.3) is 0 Å². The van der Waals surface area contributed by atoms with Gasteiger partial charge in [-0.3, -0.25) is 4.79 Å². The maximum Gasteiger partial charge on any atom is 0.228 e. The highest BCUT2D eigenvalue weighted by Gasteiger charge is 2.52. The van der Waals surface area contributed by atoms with Crippen molar-refractivity contribution >= 4 is 11.6 Å². The lowest BCUT2D eigenvalue weighted by Crippen LogP contribution is -2.17. The number of carbonyl (C=O) groups is 1. The molecule has 3 atom stereocenters. The Hall–Kier alpha value is -1.57. The lowest BCUT2D eigenvalue weighted by molar-refractivity contribution is -0.117. The quantitative estimate of drug-likeness (QED) is 0.793. The van der Waals surface area contributed by atoms with Crippen molar-refractivity contribution in [3.05, 3.63) is 41.0 Å². The number of rotatable bonds is 2. The zero-order valence-electron chi connectivity index (χ0n) is 13.3. The van der Waals surface area contributed by atoms with Crippen LogP contribution >= 0.6 is 0 Å². The van der Waals surface area contributed by atoms with Crippen molar-refractivity contribution in [1.82, 2.24) is 0 Å². The maximum absolute atomic E-state index is 12.6. The third kappa shape index (κ3) is 2.90. The molecule has 1 saturated carbocycles. The Morgan fingerprint density at radius 2 is 1.86 bits per heavy atom. The van der Waals surface area contributed by atoms with Crippen LogP contribution in [0.4, 0.5) is 5.69 Å². The minimum Gasteiger partial charge on any atom is -0.325 e. The number of aryl methyl sites for hydroxylation is 3. The van der Waals surface area contributed by atoms with E-state index in [1.807, 2.05) is 0 Å². The van der Waals surface area contributed by atoms with Crippen LogP contribution in [0.5, 0.6) is 0 Å². The first kappa shape index (κ1) is 14.4. The largest absolute Gasteiger partial charge is 0.325 e. The van der Waals surface area contributed by atoms with Crippen LogP contribution in [-0.4, -0.2) is 5.91 Å². The average Bonchev–Trinajstić information content (AvgIpc) is 3.05. The fraction of sp³-hybridized carbons (Fsp3) is 0.526. The van der Waals surface area contributed by atoms with E-state index in [9.17, 15) is 4.79 Å². The molecular formula is C19H25NO. The normalized spacial score (nSPS) is 29.0. The van der Waals surface area contributed by atoms with Crippen molar-refractivity contribution < 1.29 is 4.79 Å². The lowest BCUT2D eigenvalue weighted by atomic mass is 10.0. The Balaban J connectivity index is 1.73. The second-order valence-corrected chi connectivity index (χ2v) is 6.74. The van der Waals surface area contributed by atoms with Crippen molar-refractivity contribution in [3.8, 4) is 0 Å². The van der Waals surface area contributed by atoms with E-state index in [4.69, 9.17) is 0 Å². The number of hydrogen-bond donors (Lipinski definition) is 1. The molecule has 2 aliphatic rings. The van der Waals surface area contributed by atoms with Gasteiger partial charge in [-0.05, 0) is 63.0 Å². The Morgan fingerprint density at radius 1 is 1.14 bits per heavy atom. The summed E-state index contributed by atoms with van der Waals surface area (Å²) in [5.41, 5.74) is 4.58. The van der Waals surface area contributed by atoms with Crippen molar-refractivity contribution in [2.75, 3.05) is 5.32 Å². The molecule has 2 nitrogen and oxygen atoms in total. The van der Waals surface area contributed by atoms with Gasteiger partial charge < -0.3 is 5.32 Å². The number of nitrogens with one attached hydrogen (secondary N) is 1. The molecule has 1 aromatic rings. The molecule has 0 saturated heterocycles. The van der Waals surface area contributed by atoms with E-state index >= 15 is 0 Å². The maximum atomic E-state index is 12.6. The number of benzene rings is 1. The van der Waals surface area contributed by atoms with Crippen molar-refractivity contribution in [2.45, 2.75) is 46.5 Å². The van der Waals surface area contributed by atoms with E-state index in [1.54, 1.807) is 0 Å². The highest BCUT2D eigenvalue weighted by Crippen LogP contribution is 2.52. The standard InChI is InChI=1S/C19H25NO/c1-12-10-13(2)18(14(3)11-12)20-19(21)17-15-8-6-4-5-7-9-16(15)17/h6,8,10-11,15-17H,4-5,7,9H2,1-3H3,(H,20,21)/b8-6-/t15-,16-,17+/m0/s1. The van der Waals surface area contributed by atoms with Crippen LogP contribution in [0, 0.1) is 38.5 Å². The van der Waals surface area contributed by atoms with Gasteiger partial charge >= 0.3 is 0 Å². The van der Waals surface area contributed by atoms with Gasteiger partial charge in [-0.25, -0.2) is 0 Å². The van der Waals surface area contributed by atoms with Crippen LogP contribution in [-0.2, 0) is 4.79 Å². The second-order valence-electron chi connectivity index (χ2n) is 6.74. The zero-order valence-corrected chi connectivity index (χ0v) is 13.3. The summed E-state index contributed by atoms with van der Waals surface area (Å²) < 4.78 is 0. The number of anilines is 1. The van der Waals surface area contributed by atoms with Gasteiger partial charge in [0.2, 0.25) is 5.91 Å². The summed E-state index contributed by atoms with van der Waals surface area (Å²) in [6.07, 6.45) is 9.46. The smallest absolute Gasteiger partial charge is 0.228 e. The first-order valence-electron chi connectivity index (χ1n) is 8.13. The summed E-state index contributed by atoms with van der Waals surface area (Å²) in [5.74, 6) is 1.47. The lowest BCUT2D eigenvalue weighted by Gasteiger charge is -2.13. The second kappa shape index (κ2) is 5.67. The molecule has 0 unspecified atom stereocenters. The molecular weight excluding hydrogens is 258 g/mol. The monoisotopic (exact) mass is 283 g/mol. The van der Waals surface area contributed by atoms with Crippen LogP contribution in [0.3, 0.4) is 0 Å². The van der Waals surface area contributed by atoms with Gasteiger partial charge in [0.25, 0.3) is 0 Å². The predicted octanol–water partition coefficient (Wildman–Crippen LogP) is 4.54. The van der Waals surface area contributed by atoms with Crippen molar-refractivity contribution in [1.29, 1.82) is 0 Å². The highest BCUT2D eigenvalue weighted by molar-refractivity contribution is 5.96. The summed E-state index contributed by atoms with van der Waals surface area (Å²) >= 11 is 0. The topological polar surface area (TPSA) is 29.1 Å². The summed E-state index contributed by atoms with van der Waals surface area (Å²) in [6.45, 7) is 6.25. The van der Waals surface area contributed by atoms with Gasteiger partial charge in [-0.2, -0.15) is 0 Å². The Morgan fingerprint density at radius 3 is 2.57 bits per heavy atom. The van der Waals surface area contributed by atoms with E-state index in [-0.39, 0.29) is 11.8 Å². The molecule has 1 N–H and O–H groups in total. The molecule has 0 aliphatic heterocycles. The van der Waals surface area contributed by atoms with E-state index < -0.39 is 0 Å². The van der Waals surface area contributed by atoms with E-state index in [0.29, 0.717) is 11.8 Å². The molecule has 0 bridgehead atoms. The summed E-state index contributed by atoms with van der Waals surface area (Å²) in [6, 6.07) is 4.27. The zero-order chi connectivity index (χ0) is 15.0. The molecule has 0 heterocycles. The molecule has 0 spiro atoms. The first-order chi connectivity index (χ1) is 10.1. The number of fused-ring (bicyclic) bond motifs is 1. The molecule has 0 radical (unpaired) electrons. The van der Waals surface area contributed by atoms with E-state index in [0.717, 1.165) is 16.8 Å². The third-order valence-electron chi connectivity index (χ3n) is 4.97. The average molecular weight is 283 g/mol. The Labute approximate surface area is 127 Å². The highest BCUT2D eigenvalue weighted by atomic mass is 16.2. The molecule has 2 heteroatoms. The first-order valence-corrected chi connectivity index (χ1v) is 8.13. The summed E-state index contributed by atoms with van der Waals surface area (Å²) in [5, 5.41) is 3.19. The third-order valence-corrected chi connectivity index (χ3v) is 4.97. The van der Waals surface area contributed by atoms with Crippen LogP contribution < -0.4 is 5.32 Å². The minimum atomic E-state index is 0.194. The minimum absolute atomic E-state index is 0.194. The van der Waals surface area contributed by atoms with Crippen LogP contribution in [0.2, 0.25) is 0 Å². The summed E-state index contributed by atoms with van der Waals surface area (Å²) in [4.78, 5) is 12.6. The molecule has 3 rings (SSSR count). The van der Waals surface area contributed by atoms with Gasteiger partial charge in [-0.15, -0.1) is 0 Å². The molecule has 1 fully saturated rings. The Kier molecular flexibility index (Phi) is 3.88. The Bertz CT molecular complexity index is 564.